The molecule has 0 bridgehead atoms. The maximum Gasteiger partial charge on any atom is 0.332 e. The Hall–Kier alpha value is -2.01. The van der Waals surface area contributed by atoms with Crippen LogP contribution in [0.25, 0.3) is 11.1 Å². The third kappa shape index (κ3) is 2.81. The molecule has 1 aromatic heterocycles. The van der Waals surface area contributed by atoms with Crippen molar-refractivity contribution >= 4 is 17.3 Å². The lowest BCUT2D eigenvalue weighted by Crippen LogP contribution is -2.19. The SMILES string of the molecule is O=NC(Cc1cc(-c2ccccc2)cs1)C(=O)O. The van der Waals surface area contributed by atoms with Crippen LogP contribution in [0.1, 0.15) is 4.88 Å². The number of nitroso groups, excluding NO2 is 1. The second-order valence-corrected chi connectivity index (χ2v) is 4.83. The summed E-state index contributed by atoms with van der Waals surface area (Å²) in [4.78, 5) is 22.0. The van der Waals surface area contributed by atoms with Gasteiger partial charge in [0, 0.05) is 11.3 Å². The fraction of sp³-hybridized carbons (Fsp3) is 0.154. The third-order valence-corrected chi connectivity index (χ3v) is 3.53. The summed E-state index contributed by atoms with van der Waals surface area (Å²) in [5.41, 5.74) is 2.11. The predicted octanol–water partition coefficient (Wildman–Crippen LogP) is 3.18. The number of carbonyl (C=O) groups is 1. The molecule has 1 atom stereocenters. The van der Waals surface area contributed by atoms with Crippen molar-refractivity contribution in [2.24, 2.45) is 5.18 Å². The number of thiophene rings is 1. The Morgan fingerprint density at radius 3 is 2.61 bits per heavy atom. The molecule has 0 aliphatic carbocycles. The molecule has 4 nitrogen and oxygen atoms in total. The van der Waals surface area contributed by atoms with Gasteiger partial charge in [0.25, 0.3) is 0 Å². The van der Waals surface area contributed by atoms with Crippen LogP contribution in [-0.2, 0) is 11.2 Å². The minimum Gasteiger partial charge on any atom is -0.480 e. The van der Waals surface area contributed by atoms with Crippen molar-refractivity contribution < 1.29 is 9.90 Å². The fourth-order valence-electron chi connectivity index (χ4n) is 1.63. The third-order valence-electron chi connectivity index (χ3n) is 2.57. The summed E-state index contributed by atoms with van der Waals surface area (Å²) in [5, 5.41) is 13.3. The molecule has 92 valence electrons. The first-order valence-electron chi connectivity index (χ1n) is 5.39. The minimum absolute atomic E-state index is 0.149. The Kier molecular flexibility index (Phi) is 3.84. The molecule has 0 aliphatic rings. The Balaban J connectivity index is 2.16. The number of hydrogen-bond donors (Lipinski definition) is 1. The zero-order chi connectivity index (χ0) is 13.0. The number of rotatable bonds is 5. The van der Waals surface area contributed by atoms with E-state index >= 15 is 0 Å². The molecule has 2 rings (SSSR count). The molecule has 1 N–H and O–H groups in total. The van der Waals surface area contributed by atoms with Crippen molar-refractivity contribution in [3.8, 4) is 11.1 Å². The van der Waals surface area contributed by atoms with Crippen LogP contribution in [0.3, 0.4) is 0 Å². The molecule has 1 aromatic carbocycles. The number of nitrogens with zero attached hydrogens (tertiary/aromatic N) is 1. The smallest absolute Gasteiger partial charge is 0.332 e. The molecule has 0 spiro atoms. The molecule has 5 heteroatoms. The van der Waals surface area contributed by atoms with Gasteiger partial charge in [-0.25, -0.2) is 4.79 Å². The maximum atomic E-state index is 10.7. The standard InChI is InChI=1S/C13H11NO3S/c15-13(16)12(14-17)7-11-6-10(8-18-11)9-4-2-1-3-5-9/h1-6,8,12H,7H2,(H,15,16). The summed E-state index contributed by atoms with van der Waals surface area (Å²) in [6.45, 7) is 0. The Morgan fingerprint density at radius 1 is 1.28 bits per heavy atom. The summed E-state index contributed by atoms with van der Waals surface area (Å²) >= 11 is 1.44. The molecular formula is C13H11NO3S. The number of aliphatic carboxylic acids is 1. The van der Waals surface area contributed by atoms with Crippen LogP contribution in [0.15, 0.2) is 47.0 Å². The monoisotopic (exact) mass is 261 g/mol. The van der Waals surface area contributed by atoms with Crippen molar-refractivity contribution in [1.29, 1.82) is 0 Å². The van der Waals surface area contributed by atoms with E-state index in [2.05, 4.69) is 5.18 Å². The molecule has 0 saturated heterocycles. The van der Waals surface area contributed by atoms with Gasteiger partial charge in [-0.2, -0.15) is 0 Å². The number of benzene rings is 1. The van der Waals surface area contributed by atoms with Gasteiger partial charge in [0.2, 0.25) is 0 Å². The van der Waals surface area contributed by atoms with E-state index in [4.69, 9.17) is 5.11 Å². The lowest BCUT2D eigenvalue weighted by Gasteiger charge is -2.00. The van der Waals surface area contributed by atoms with E-state index in [1.54, 1.807) is 0 Å². The molecule has 0 fully saturated rings. The first kappa shape index (κ1) is 12.4. The highest BCUT2D eigenvalue weighted by Crippen LogP contribution is 2.26. The topological polar surface area (TPSA) is 66.7 Å². The van der Waals surface area contributed by atoms with Crippen LogP contribution in [-0.4, -0.2) is 17.1 Å². The molecule has 0 radical (unpaired) electrons. The Labute approximate surface area is 108 Å². The highest BCUT2D eigenvalue weighted by atomic mass is 32.1. The lowest BCUT2D eigenvalue weighted by atomic mass is 10.1. The van der Waals surface area contributed by atoms with Crippen molar-refractivity contribution in [3.63, 3.8) is 0 Å². The van der Waals surface area contributed by atoms with Gasteiger partial charge in [-0.3, -0.25) is 0 Å². The minimum atomic E-state index is -1.20. The van der Waals surface area contributed by atoms with E-state index in [1.165, 1.54) is 11.3 Å². The van der Waals surface area contributed by atoms with E-state index < -0.39 is 12.0 Å². The number of carboxylic acid groups (broad SMARTS) is 1. The van der Waals surface area contributed by atoms with Crippen LogP contribution in [0, 0.1) is 4.91 Å². The van der Waals surface area contributed by atoms with Crippen LogP contribution < -0.4 is 0 Å². The van der Waals surface area contributed by atoms with Gasteiger partial charge in [-0.05, 0) is 22.6 Å². The van der Waals surface area contributed by atoms with E-state index in [9.17, 15) is 9.70 Å². The fourth-order valence-corrected chi connectivity index (χ4v) is 2.56. The van der Waals surface area contributed by atoms with Gasteiger partial charge in [-0.15, -0.1) is 16.2 Å². The molecule has 0 aliphatic heterocycles. The highest BCUT2D eigenvalue weighted by molar-refractivity contribution is 7.10. The first-order valence-corrected chi connectivity index (χ1v) is 6.27. The Morgan fingerprint density at radius 2 is 2.00 bits per heavy atom. The molecule has 18 heavy (non-hydrogen) atoms. The molecule has 0 saturated carbocycles. The van der Waals surface area contributed by atoms with Crippen LogP contribution >= 0.6 is 11.3 Å². The average molecular weight is 261 g/mol. The Bertz CT molecular complexity index is 550. The van der Waals surface area contributed by atoms with Crippen molar-refractivity contribution in [2.75, 3.05) is 0 Å². The predicted molar refractivity (Wildman–Crippen MR) is 70.7 cm³/mol. The van der Waals surface area contributed by atoms with Crippen LogP contribution in [0.5, 0.6) is 0 Å². The van der Waals surface area contributed by atoms with Gasteiger partial charge in [0.1, 0.15) is 0 Å². The number of hydrogen-bond acceptors (Lipinski definition) is 4. The summed E-state index contributed by atoms with van der Waals surface area (Å²) in [6.07, 6.45) is 0.149. The van der Waals surface area contributed by atoms with Crippen molar-refractivity contribution in [3.05, 3.63) is 51.6 Å². The summed E-state index contributed by atoms with van der Waals surface area (Å²) in [7, 11) is 0. The van der Waals surface area contributed by atoms with E-state index in [0.29, 0.717) is 0 Å². The second-order valence-electron chi connectivity index (χ2n) is 3.83. The zero-order valence-corrected chi connectivity index (χ0v) is 10.3. The molecule has 2 aromatic rings. The summed E-state index contributed by atoms with van der Waals surface area (Å²) in [5.74, 6) is -1.18. The molecular weight excluding hydrogens is 250 g/mol. The average Bonchev–Trinajstić information content (AvgIpc) is 2.85. The summed E-state index contributed by atoms with van der Waals surface area (Å²) < 4.78 is 0. The first-order chi connectivity index (χ1) is 8.70. The van der Waals surface area contributed by atoms with Gasteiger partial charge in [0.15, 0.2) is 6.04 Å². The second kappa shape index (κ2) is 5.55. The van der Waals surface area contributed by atoms with Crippen LogP contribution in [0.4, 0.5) is 0 Å². The quantitative estimate of drug-likeness (QED) is 0.840. The highest BCUT2D eigenvalue weighted by Gasteiger charge is 2.19. The van der Waals surface area contributed by atoms with E-state index in [0.717, 1.165) is 16.0 Å². The molecule has 1 heterocycles. The van der Waals surface area contributed by atoms with Crippen LogP contribution in [0.2, 0.25) is 0 Å². The van der Waals surface area contributed by atoms with Crippen molar-refractivity contribution in [2.45, 2.75) is 12.5 Å². The van der Waals surface area contributed by atoms with Crippen molar-refractivity contribution in [1.82, 2.24) is 0 Å². The maximum absolute atomic E-state index is 10.7. The van der Waals surface area contributed by atoms with Gasteiger partial charge < -0.3 is 5.11 Å². The molecule has 1 unspecified atom stereocenters. The number of carboxylic acids is 1. The van der Waals surface area contributed by atoms with Gasteiger partial charge in [-0.1, -0.05) is 35.5 Å². The lowest BCUT2D eigenvalue weighted by molar-refractivity contribution is -0.138. The van der Waals surface area contributed by atoms with Gasteiger partial charge in [0.05, 0.1) is 0 Å². The van der Waals surface area contributed by atoms with E-state index in [-0.39, 0.29) is 6.42 Å². The normalized spacial score (nSPS) is 12.0. The van der Waals surface area contributed by atoms with Gasteiger partial charge >= 0.3 is 5.97 Å². The summed E-state index contributed by atoms with van der Waals surface area (Å²) in [6, 6.07) is 10.5. The molecule has 0 amide bonds. The largest absolute Gasteiger partial charge is 0.480 e. The van der Waals surface area contributed by atoms with E-state index in [1.807, 2.05) is 41.8 Å². The zero-order valence-electron chi connectivity index (χ0n) is 9.45.